The van der Waals surface area contributed by atoms with Crippen molar-refractivity contribution in [3.05, 3.63) is 69.9 Å². The number of benzene rings is 1. The van der Waals surface area contributed by atoms with Crippen molar-refractivity contribution < 1.29 is 33.2 Å². The molecule has 0 spiro atoms. The summed E-state index contributed by atoms with van der Waals surface area (Å²) in [5, 5.41) is 12.9. The molecule has 7 nitrogen and oxygen atoms in total. The van der Waals surface area contributed by atoms with Crippen LogP contribution in [0.3, 0.4) is 0 Å². The van der Waals surface area contributed by atoms with E-state index in [9.17, 15) is 9.18 Å². The van der Waals surface area contributed by atoms with Gasteiger partial charge in [-0.15, -0.1) is 0 Å². The third-order valence-corrected chi connectivity index (χ3v) is 6.44. The maximum absolute atomic E-state index is 13.3. The topological polar surface area (TPSA) is 77.5 Å². The number of likely N-dealkylation sites (N-methyl/N-ethyl adjacent to an activating group) is 1. The van der Waals surface area contributed by atoms with E-state index in [0.29, 0.717) is 46.0 Å². The Balaban J connectivity index is 1.72. The van der Waals surface area contributed by atoms with E-state index in [1.165, 1.54) is 12.1 Å². The Labute approximate surface area is 210 Å². The number of halogens is 1. The van der Waals surface area contributed by atoms with E-state index in [-0.39, 0.29) is 35.9 Å². The fourth-order valence-electron chi connectivity index (χ4n) is 4.00. The van der Waals surface area contributed by atoms with Gasteiger partial charge in [0.25, 0.3) is 5.91 Å². The Morgan fingerprint density at radius 2 is 1.89 bits per heavy atom. The summed E-state index contributed by atoms with van der Waals surface area (Å²) in [5.74, 6) is -0.429. The number of aliphatic hydroxyl groups is 1. The quantitative estimate of drug-likeness (QED) is 0.391. The monoisotopic (exact) mass is 507 g/mol. The Morgan fingerprint density at radius 1 is 1.14 bits per heavy atom. The molecule has 35 heavy (non-hydrogen) atoms. The van der Waals surface area contributed by atoms with Crippen molar-refractivity contribution in [2.75, 3.05) is 46.7 Å². The molecule has 0 bridgehead atoms. The first-order chi connectivity index (χ1) is 17.0. The fourth-order valence-corrected chi connectivity index (χ4v) is 4.71. The second kappa shape index (κ2) is 14.3. The largest absolute Gasteiger partial charge is 0.459 e. The van der Waals surface area contributed by atoms with Crippen LogP contribution in [-0.4, -0.2) is 68.9 Å². The molecule has 1 aliphatic heterocycles. The van der Waals surface area contributed by atoms with Gasteiger partial charge in [0.05, 0.1) is 26.4 Å². The Morgan fingerprint density at radius 3 is 2.54 bits per heavy atom. The SMILES string of the molecule is CCO[C@H]1OC(C(=O)N(C)Cc2ccc(F)cc2)=C[C@@H](c2ccsc2)[C@H]1CCOCCOCCO. The number of amides is 1. The van der Waals surface area contributed by atoms with E-state index >= 15 is 0 Å². The fraction of sp³-hybridized carbons (Fsp3) is 0.500. The minimum Gasteiger partial charge on any atom is -0.459 e. The van der Waals surface area contributed by atoms with Crippen molar-refractivity contribution in [3.8, 4) is 0 Å². The molecule has 0 saturated heterocycles. The van der Waals surface area contributed by atoms with E-state index in [4.69, 9.17) is 24.1 Å². The van der Waals surface area contributed by atoms with Crippen LogP contribution in [0.5, 0.6) is 0 Å². The smallest absolute Gasteiger partial charge is 0.288 e. The first-order valence-corrected chi connectivity index (χ1v) is 12.8. The van der Waals surface area contributed by atoms with Gasteiger partial charge in [-0.3, -0.25) is 4.79 Å². The molecule has 0 aliphatic carbocycles. The molecule has 192 valence electrons. The molecule has 2 heterocycles. The van der Waals surface area contributed by atoms with Gasteiger partial charge in [-0.25, -0.2) is 4.39 Å². The van der Waals surface area contributed by atoms with Gasteiger partial charge < -0.3 is 29.0 Å². The Kier molecular flexibility index (Phi) is 11.2. The number of aliphatic hydroxyl groups excluding tert-OH is 1. The van der Waals surface area contributed by atoms with Crippen molar-refractivity contribution >= 4 is 17.2 Å². The summed E-state index contributed by atoms with van der Waals surface area (Å²) >= 11 is 1.60. The highest BCUT2D eigenvalue weighted by molar-refractivity contribution is 7.08. The molecule has 1 aliphatic rings. The molecule has 3 rings (SSSR count). The maximum Gasteiger partial charge on any atom is 0.288 e. The number of rotatable bonds is 14. The van der Waals surface area contributed by atoms with Crippen molar-refractivity contribution in [2.45, 2.75) is 32.1 Å². The normalized spacial score (nSPS) is 19.8. The predicted octanol–water partition coefficient (Wildman–Crippen LogP) is 3.94. The number of hydrogen-bond acceptors (Lipinski definition) is 7. The molecule has 0 fully saturated rings. The van der Waals surface area contributed by atoms with Gasteiger partial charge in [0, 0.05) is 38.6 Å². The number of allylic oxidation sites excluding steroid dienone is 1. The third-order valence-electron chi connectivity index (χ3n) is 5.74. The molecular weight excluding hydrogens is 473 g/mol. The van der Waals surface area contributed by atoms with E-state index in [1.807, 2.05) is 18.4 Å². The van der Waals surface area contributed by atoms with Gasteiger partial charge in [0.1, 0.15) is 5.82 Å². The molecule has 1 aromatic heterocycles. The van der Waals surface area contributed by atoms with Crippen LogP contribution in [0.4, 0.5) is 4.39 Å². The van der Waals surface area contributed by atoms with Crippen LogP contribution in [0.2, 0.25) is 0 Å². The number of ether oxygens (including phenoxy) is 4. The lowest BCUT2D eigenvalue weighted by atomic mass is 9.82. The zero-order chi connectivity index (χ0) is 25.0. The number of carbonyl (C=O) groups excluding carboxylic acids is 1. The van der Waals surface area contributed by atoms with Gasteiger partial charge in [-0.2, -0.15) is 11.3 Å². The first kappa shape index (κ1) is 27.3. The molecule has 1 aromatic carbocycles. The van der Waals surface area contributed by atoms with E-state index in [2.05, 4.69) is 11.4 Å². The third kappa shape index (κ3) is 8.12. The zero-order valence-electron chi connectivity index (χ0n) is 20.2. The molecule has 1 N–H and O–H groups in total. The molecule has 2 aromatic rings. The highest BCUT2D eigenvalue weighted by Crippen LogP contribution is 2.39. The summed E-state index contributed by atoms with van der Waals surface area (Å²) < 4.78 is 36.2. The van der Waals surface area contributed by atoms with Crippen molar-refractivity contribution in [2.24, 2.45) is 5.92 Å². The first-order valence-electron chi connectivity index (χ1n) is 11.8. The van der Waals surface area contributed by atoms with Gasteiger partial charge in [-0.1, -0.05) is 12.1 Å². The lowest BCUT2D eigenvalue weighted by Crippen LogP contribution is -2.39. The second-order valence-electron chi connectivity index (χ2n) is 8.24. The average Bonchev–Trinajstić information content (AvgIpc) is 3.40. The standard InChI is InChI=1S/C26H34FNO6S/c1-3-33-26-22(8-11-31-13-14-32-12-10-29)23(20-9-15-35-18-20)16-24(34-26)25(30)28(2)17-19-4-6-21(27)7-5-19/h4-7,9,15-16,18,22-23,26,29H,3,8,10-14,17H2,1-2H3/t22-,23+,26+/m1/s1. The summed E-state index contributed by atoms with van der Waals surface area (Å²) in [6.45, 7) is 4.30. The van der Waals surface area contributed by atoms with Crippen LogP contribution in [0, 0.1) is 11.7 Å². The summed E-state index contributed by atoms with van der Waals surface area (Å²) in [5.41, 5.74) is 1.93. The highest BCUT2D eigenvalue weighted by atomic mass is 32.1. The molecule has 9 heteroatoms. The van der Waals surface area contributed by atoms with Gasteiger partial charge in [-0.05, 0) is 59.5 Å². The van der Waals surface area contributed by atoms with Gasteiger partial charge in [0.15, 0.2) is 5.76 Å². The molecule has 1 amide bonds. The van der Waals surface area contributed by atoms with E-state index in [0.717, 1.165) is 11.1 Å². The van der Waals surface area contributed by atoms with Crippen LogP contribution in [0.25, 0.3) is 0 Å². The summed E-state index contributed by atoms with van der Waals surface area (Å²) in [6.07, 6.45) is 1.97. The molecule has 0 unspecified atom stereocenters. The number of thiophene rings is 1. The summed E-state index contributed by atoms with van der Waals surface area (Å²) in [6, 6.07) is 8.15. The zero-order valence-corrected chi connectivity index (χ0v) is 21.0. The van der Waals surface area contributed by atoms with Gasteiger partial charge >= 0.3 is 0 Å². The highest BCUT2D eigenvalue weighted by Gasteiger charge is 2.38. The number of hydrogen-bond donors (Lipinski definition) is 1. The maximum atomic E-state index is 13.3. The molecular formula is C26H34FNO6S. The number of carbonyl (C=O) groups is 1. The Bertz CT molecular complexity index is 920. The molecule has 3 atom stereocenters. The second-order valence-corrected chi connectivity index (χ2v) is 9.02. The minimum atomic E-state index is -0.595. The van der Waals surface area contributed by atoms with Gasteiger partial charge in [0.2, 0.25) is 6.29 Å². The van der Waals surface area contributed by atoms with Crippen molar-refractivity contribution in [1.82, 2.24) is 4.90 Å². The van der Waals surface area contributed by atoms with Crippen molar-refractivity contribution in [1.29, 1.82) is 0 Å². The van der Waals surface area contributed by atoms with Crippen LogP contribution in [0.1, 0.15) is 30.4 Å². The minimum absolute atomic E-state index is 0.00968. The lowest BCUT2D eigenvalue weighted by Gasteiger charge is -2.37. The Hall–Kier alpha value is -2.30. The van der Waals surface area contributed by atoms with E-state index in [1.54, 1.807) is 35.4 Å². The molecule has 0 radical (unpaired) electrons. The lowest BCUT2D eigenvalue weighted by molar-refractivity contribution is -0.171. The van der Waals surface area contributed by atoms with Crippen LogP contribution < -0.4 is 0 Å². The van der Waals surface area contributed by atoms with E-state index < -0.39 is 6.29 Å². The summed E-state index contributed by atoms with van der Waals surface area (Å²) in [4.78, 5) is 14.8. The predicted molar refractivity (Wildman–Crippen MR) is 131 cm³/mol. The molecule has 0 saturated carbocycles. The van der Waals surface area contributed by atoms with Crippen LogP contribution in [0.15, 0.2) is 52.9 Å². The summed E-state index contributed by atoms with van der Waals surface area (Å²) in [7, 11) is 1.70. The number of nitrogens with zero attached hydrogens (tertiary/aromatic N) is 1. The van der Waals surface area contributed by atoms with Crippen LogP contribution >= 0.6 is 11.3 Å². The average molecular weight is 508 g/mol. The van der Waals surface area contributed by atoms with Crippen molar-refractivity contribution in [3.63, 3.8) is 0 Å². The van der Waals surface area contributed by atoms with Crippen LogP contribution in [-0.2, 0) is 30.3 Å².